The Morgan fingerprint density at radius 1 is 1.04 bits per heavy atom. The smallest absolute Gasteiger partial charge is 0.195 e. The minimum Gasteiger partial charge on any atom is -0.508 e. The molecule has 1 heterocycles. The van der Waals surface area contributed by atoms with Gasteiger partial charge in [-0.3, -0.25) is 4.79 Å². The first-order chi connectivity index (χ1) is 13.6. The first-order valence-corrected chi connectivity index (χ1v) is 10.5. The highest BCUT2D eigenvalue weighted by Gasteiger charge is 2.22. The number of phenols is 1. The molecule has 0 aliphatic carbocycles. The number of phenolic OH excluding ortho intramolecular Hbond substituents is 1. The molecule has 1 N–H and O–H groups in total. The summed E-state index contributed by atoms with van der Waals surface area (Å²) in [6, 6.07) is 20.2. The molecule has 1 aromatic heterocycles. The molecular formula is C23H17BrO3S. The third-order valence-corrected chi connectivity index (χ3v) is 6.17. The van der Waals surface area contributed by atoms with Crippen molar-refractivity contribution in [2.75, 3.05) is 6.61 Å². The van der Waals surface area contributed by atoms with Gasteiger partial charge in [-0.05, 0) is 67.1 Å². The van der Waals surface area contributed by atoms with Crippen LogP contribution >= 0.6 is 27.3 Å². The van der Waals surface area contributed by atoms with Crippen LogP contribution in [0, 0.1) is 0 Å². The van der Waals surface area contributed by atoms with E-state index in [1.165, 1.54) is 12.1 Å². The molecule has 0 radical (unpaired) electrons. The number of ketones is 1. The quantitative estimate of drug-likeness (QED) is 0.344. The van der Waals surface area contributed by atoms with Gasteiger partial charge in [-0.15, -0.1) is 11.3 Å². The summed E-state index contributed by atoms with van der Waals surface area (Å²) in [5, 5.41) is 10.5. The molecule has 0 saturated carbocycles. The maximum absolute atomic E-state index is 13.4. The highest BCUT2D eigenvalue weighted by atomic mass is 79.9. The fourth-order valence-corrected chi connectivity index (χ4v) is 4.62. The lowest BCUT2D eigenvalue weighted by Crippen LogP contribution is -2.02. The summed E-state index contributed by atoms with van der Waals surface area (Å²) in [4.78, 5) is 14.3. The van der Waals surface area contributed by atoms with Gasteiger partial charge in [0, 0.05) is 30.6 Å². The number of aromatic hydroxyl groups is 1. The van der Waals surface area contributed by atoms with E-state index in [9.17, 15) is 9.90 Å². The van der Waals surface area contributed by atoms with Crippen LogP contribution in [0.15, 0.2) is 71.2 Å². The van der Waals surface area contributed by atoms with Crippen LogP contribution in [0.25, 0.3) is 20.5 Å². The molecule has 4 rings (SSSR count). The second kappa shape index (κ2) is 7.78. The Labute approximate surface area is 175 Å². The molecule has 0 aliphatic heterocycles. The van der Waals surface area contributed by atoms with Crippen LogP contribution in [-0.2, 0) is 0 Å². The second-order valence-electron chi connectivity index (χ2n) is 6.28. The number of hydrogen-bond donors (Lipinski definition) is 1. The van der Waals surface area contributed by atoms with Gasteiger partial charge in [-0.2, -0.15) is 0 Å². The lowest BCUT2D eigenvalue weighted by molar-refractivity contribution is 0.104. The largest absolute Gasteiger partial charge is 0.508 e. The first kappa shape index (κ1) is 18.7. The molecule has 0 spiro atoms. The van der Waals surface area contributed by atoms with Gasteiger partial charge in [0.15, 0.2) is 5.78 Å². The lowest BCUT2D eigenvalue weighted by atomic mass is 9.97. The van der Waals surface area contributed by atoms with Gasteiger partial charge >= 0.3 is 0 Å². The molecule has 0 atom stereocenters. The van der Waals surface area contributed by atoms with Gasteiger partial charge in [0.05, 0.1) is 6.61 Å². The van der Waals surface area contributed by atoms with Crippen molar-refractivity contribution >= 4 is 43.1 Å². The van der Waals surface area contributed by atoms with E-state index in [2.05, 4.69) is 15.9 Å². The molecule has 28 heavy (non-hydrogen) atoms. The van der Waals surface area contributed by atoms with Crippen LogP contribution in [0.5, 0.6) is 11.5 Å². The first-order valence-electron chi connectivity index (χ1n) is 8.86. The number of thiophene rings is 1. The molecule has 0 fully saturated rings. The fraction of sp³-hybridized carbons (Fsp3) is 0.0870. The van der Waals surface area contributed by atoms with E-state index < -0.39 is 0 Å². The summed E-state index contributed by atoms with van der Waals surface area (Å²) >= 11 is 5.05. The molecule has 140 valence electrons. The maximum atomic E-state index is 13.4. The van der Waals surface area contributed by atoms with Crippen molar-refractivity contribution in [1.82, 2.24) is 0 Å². The summed E-state index contributed by atoms with van der Waals surface area (Å²) in [5.41, 5.74) is 2.21. The Morgan fingerprint density at radius 2 is 1.75 bits per heavy atom. The van der Waals surface area contributed by atoms with Gasteiger partial charge in [0.2, 0.25) is 0 Å². The fourth-order valence-electron chi connectivity index (χ4n) is 3.12. The van der Waals surface area contributed by atoms with Crippen LogP contribution in [0.2, 0.25) is 0 Å². The molecular weight excluding hydrogens is 436 g/mol. The summed E-state index contributed by atoms with van der Waals surface area (Å²) < 4.78 is 7.62. The zero-order chi connectivity index (χ0) is 19.7. The van der Waals surface area contributed by atoms with Crippen LogP contribution in [0.3, 0.4) is 0 Å². The van der Waals surface area contributed by atoms with Crippen molar-refractivity contribution in [2.24, 2.45) is 0 Å². The van der Waals surface area contributed by atoms with Crippen LogP contribution in [0.1, 0.15) is 22.8 Å². The summed E-state index contributed by atoms with van der Waals surface area (Å²) in [6.45, 7) is 2.54. The molecule has 3 nitrogen and oxygen atoms in total. The highest BCUT2D eigenvalue weighted by molar-refractivity contribution is 9.10. The molecule has 0 saturated heterocycles. The molecule has 3 aromatic carbocycles. The summed E-state index contributed by atoms with van der Waals surface area (Å²) in [6.07, 6.45) is 0. The molecule has 5 heteroatoms. The topological polar surface area (TPSA) is 46.5 Å². The Hall–Kier alpha value is -2.63. The van der Waals surface area contributed by atoms with E-state index in [1.807, 2.05) is 49.4 Å². The van der Waals surface area contributed by atoms with E-state index in [1.54, 1.807) is 23.5 Å². The average Bonchev–Trinajstić information content (AvgIpc) is 3.07. The van der Waals surface area contributed by atoms with Crippen LogP contribution in [0.4, 0.5) is 0 Å². The van der Waals surface area contributed by atoms with Gasteiger partial charge in [0.25, 0.3) is 0 Å². The van der Waals surface area contributed by atoms with E-state index in [0.717, 1.165) is 30.7 Å². The number of halogens is 1. The predicted octanol–water partition coefficient (Wildman–Crippen LogP) is 6.67. The van der Waals surface area contributed by atoms with Crippen molar-refractivity contribution in [3.8, 4) is 21.9 Å². The SMILES string of the molecule is CCOc1ccc2c(C(=O)c3ccc(O)cc3)c(-c3ccc(Br)cc3)sc2c1. The molecule has 0 aliphatic rings. The number of carbonyl (C=O) groups is 1. The Bertz CT molecular complexity index is 1150. The zero-order valence-electron chi connectivity index (χ0n) is 15.1. The van der Waals surface area contributed by atoms with E-state index in [0.29, 0.717) is 17.7 Å². The van der Waals surface area contributed by atoms with Crippen molar-refractivity contribution in [2.45, 2.75) is 6.92 Å². The highest BCUT2D eigenvalue weighted by Crippen LogP contribution is 2.41. The number of ether oxygens (including phenoxy) is 1. The number of carbonyl (C=O) groups excluding carboxylic acids is 1. The minimum atomic E-state index is -0.0617. The third-order valence-electron chi connectivity index (χ3n) is 4.44. The van der Waals surface area contributed by atoms with Crippen LogP contribution < -0.4 is 4.74 Å². The maximum Gasteiger partial charge on any atom is 0.195 e. The van der Waals surface area contributed by atoms with Gasteiger partial charge in [-0.25, -0.2) is 0 Å². The standard InChI is InChI=1S/C23H17BrO3S/c1-2-27-18-11-12-19-20(13-18)28-23(15-3-7-16(24)8-4-15)21(19)22(26)14-5-9-17(25)10-6-14/h3-13,25H,2H2,1H3. The second-order valence-corrected chi connectivity index (χ2v) is 8.25. The van der Waals surface area contributed by atoms with E-state index in [4.69, 9.17) is 4.74 Å². The van der Waals surface area contributed by atoms with E-state index >= 15 is 0 Å². The normalized spacial score (nSPS) is 10.9. The predicted molar refractivity (Wildman–Crippen MR) is 118 cm³/mol. The van der Waals surface area contributed by atoms with Crippen molar-refractivity contribution in [1.29, 1.82) is 0 Å². The van der Waals surface area contributed by atoms with Crippen molar-refractivity contribution in [3.63, 3.8) is 0 Å². The van der Waals surface area contributed by atoms with Gasteiger partial charge in [0.1, 0.15) is 11.5 Å². The van der Waals surface area contributed by atoms with Gasteiger partial charge in [-0.1, -0.05) is 28.1 Å². The van der Waals surface area contributed by atoms with Crippen molar-refractivity contribution in [3.05, 3.63) is 82.3 Å². The lowest BCUT2D eigenvalue weighted by Gasteiger charge is -2.06. The zero-order valence-corrected chi connectivity index (χ0v) is 17.5. The van der Waals surface area contributed by atoms with Gasteiger partial charge < -0.3 is 9.84 Å². The average molecular weight is 453 g/mol. The number of rotatable bonds is 5. The molecule has 0 bridgehead atoms. The number of fused-ring (bicyclic) bond motifs is 1. The number of hydrogen-bond acceptors (Lipinski definition) is 4. The molecule has 0 unspecified atom stereocenters. The summed E-state index contributed by atoms with van der Waals surface area (Å²) in [5.74, 6) is 0.872. The summed E-state index contributed by atoms with van der Waals surface area (Å²) in [7, 11) is 0. The Balaban J connectivity index is 1.92. The molecule has 4 aromatic rings. The third kappa shape index (κ3) is 3.55. The van der Waals surface area contributed by atoms with Crippen molar-refractivity contribution < 1.29 is 14.6 Å². The number of benzene rings is 3. The van der Waals surface area contributed by atoms with Crippen LogP contribution in [-0.4, -0.2) is 17.5 Å². The molecule has 0 amide bonds. The Kier molecular flexibility index (Phi) is 5.20. The van der Waals surface area contributed by atoms with E-state index in [-0.39, 0.29) is 11.5 Å². The minimum absolute atomic E-state index is 0.0617. The monoisotopic (exact) mass is 452 g/mol. The Morgan fingerprint density at radius 3 is 2.43 bits per heavy atom.